The Hall–Kier alpha value is -3.85. The van der Waals surface area contributed by atoms with Crippen LogP contribution >= 0.6 is 11.6 Å². The molecule has 9 heteroatoms. The number of aliphatic hydroxyl groups is 2. The standard InChI is InChI=1S/C28H20ClF2N3O3/c29-19-8-9-20(30)24(25(19)31)17-7-11-23(34(37)14-17)28(13-18(28)15-4-2-1-3-5-15)27-32-21-10-6-16(26(35)36)12-22(21)33-27/h1-12,14,18,26,35-36H,13H2,(H,32,33)/t18-,28+/m1/s1. The smallest absolute Gasteiger partial charge is 0.207 e. The van der Waals surface area contributed by atoms with Gasteiger partial charge in [-0.15, -0.1) is 0 Å². The lowest BCUT2D eigenvalue weighted by Crippen LogP contribution is -2.37. The third-order valence-electron chi connectivity index (χ3n) is 7.09. The van der Waals surface area contributed by atoms with E-state index in [4.69, 9.17) is 16.6 Å². The average molecular weight is 520 g/mol. The summed E-state index contributed by atoms with van der Waals surface area (Å²) >= 11 is 5.86. The number of pyridine rings is 1. The lowest BCUT2D eigenvalue weighted by molar-refractivity contribution is -0.615. The van der Waals surface area contributed by atoms with Gasteiger partial charge in [0.1, 0.15) is 17.1 Å². The predicted molar refractivity (Wildman–Crippen MR) is 134 cm³/mol. The molecule has 1 aliphatic carbocycles. The zero-order chi connectivity index (χ0) is 25.9. The molecule has 0 aliphatic heterocycles. The highest BCUT2D eigenvalue weighted by molar-refractivity contribution is 6.31. The van der Waals surface area contributed by atoms with Gasteiger partial charge in [0, 0.05) is 17.5 Å². The molecule has 1 fully saturated rings. The van der Waals surface area contributed by atoms with Gasteiger partial charge in [-0.2, -0.15) is 4.73 Å². The number of benzene rings is 3. The second-order valence-corrected chi connectivity index (χ2v) is 9.63. The Balaban J connectivity index is 1.50. The number of nitrogens with one attached hydrogen (secondary N) is 1. The summed E-state index contributed by atoms with van der Waals surface area (Å²) in [4.78, 5) is 8.02. The molecule has 3 aromatic carbocycles. The molecule has 0 amide bonds. The van der Waals surface area contributed by atoms with Crippen LogP contribution in [0.3, 0.4) is 0 Å². The molecule has 6 nitrogen and oxygen atoms in total. The van der Waals surface area contributed by atoms with Crippen molar-refractivity contribution in [3.8, 4) is 11.1 Å². The first-order chi connectivity index (χ1) is 17.8. The van der Waals surface area contributed by atoms with Crippen molar-refractivity contribution in [2.24, 2.45) is 0 Å². The molecule has 0 unspecified atom stereocenters. The van der Waals surface area contributed by atoms with Gasteiger partial charge in [-0.1, -0.05) is 48.0 Å². The van der Waals surface area contributed by atoms with Crippen molar-refractivity contribution in [3.63, 3.8) is 0 Å². The van der Waals surface area contributed by atoms with E-state index in [0.717, 1.165) is 23.9 Å². The highest BCUT2D eigenvalue weighted by atomic mass is 35.5. The van der Waals surface area contributed by atoms with Crippen LogP contribution in [0.25, 0.3) is 22.2 Å². The summed E-state index contributed by atoms with van der Waals surface area (Å²) < 4.78 is 29.8. The van der Waals surface area contributed by atoms with Gasteiger partial charge in [-0.25, -0.2) is 13.8 Å². The topological polar surface area (TPSA) is 96.1 Å². The van der Waals surface area contributed by atoms with Crippen molar-refractivity contribution in [2.45, 2.75) is 24.0 Å². The van der Waals surface area contributed by atoms with Crippen molar-refractivity contribution in [1.29, 1.82) is 0 Å². The summed E-state index contributed by atoms with van der Waals surface area (Å²) in [6.45, 7) is 0. The lowest BCUT2D eigenvalue weighted by atomic mass is 9.93. The van der Waals surface area contributed by atoms with E-state index in [1.807, 2.05) is 30.3 Å². The van der Waals surface area contributed by atoms with Gasteiger partial charge in [0.25, 0.3) is 0 Å². The van der Waals surface area contributed by atoms with Crippen LogP contribution < -0.4 is 4.73 Å². The summed E-state index contributed by atoms with van der Waals surface area (Å²) in [5, 5.41) is 32.3. The molecule has 6 rings (SSSR count). The minimum Gasteiger partial charge on any atom is -0.618 e. The molecule has 37 heavy (non-hydrogen) atoms. The second-order valence-electron chi connectivity index (χ2n) is 9.22. The van der Waals surface area contributed by atoms with Gasteiger partial charge in [0.05, 0.1) is 27.2 Å². The summed E-state index contributed by atoms with van der Waals surface area (Å²) in [5.74, 6) is -1.30. The van der Waals surface area contributed by atoms with Crippen molar-refractivity contribution < 1.29 is 23.7 Å². The van der Waals surface area contributed by atoms with Crippen LogP contribution in [0.2, 0.25) is 5.02 Å². The summed E-state index contributed by atoms with van der Waals surface area (Å²) in [7, 11) is 0. The van der Waals surface area contributed by atoms with Crippen molar-refractivity contribution >= 4 is 22.6 Å². The Labute approximate surface area is 215 Å². The highest BCUT2D eigenvalue weighted by Gasteiger charge is 2.64. The quantitative estimate of drug-likeness (QED) is 0.128. The largest absolute Gasteiger partial charge is 0.618 e. The number of aliphatic hydroxyl groups excluding tert-OH is 1. The first-order valence-electron chi connectivity index (χ1n) is 11.6. The van der Waals surface area contributed by atoms with Crippen LogP contribution in [0.15, 0.2) is 79.0 Å². The van der Waals surface area contributed by atoms with Crippen molar-refractivity contribution in [2.75, 3.05) is 0 Å². The molecular formula is C28H20ClF2N3O3. The zero-order valence-corrected chi connectivity index (χ0v) is 20.0. The number of nitrogens with zero attached hydrogens (tertiary/aromatic N) is 2. The Morgan fingerprint density at radius 1 is 1.05 bits per heavy atom. The molecule has 1 aliphatic rings. The molecule has 186 valence electrons. The molecule has 3 N–H and O–H groups in total. The lowest BCUT2D eigenvalue weighted by Gasteiger charge is -2.16. The molecule has 1 saturated carbocycles. The van der Waals surface area contributed by atoms with Crippen LogP contribution in [-0.2, 0) is 5.41 Å². The molecular weight excluding hydrogens is 500 g/mol. The van der Waals surface area contributed by atoms with Gasteiger partial charge in [-0.05, 0) is 42.3 Å². The third kappa shape index (κ3) is 3.76. The number of hydrogen-bond donors (Lipinski definition) is 3. The van der Waals surface area contributed by atoms with E-state index in [1.54, 1.807) is 24.3 Å². The Morgan fingerprint density at radius 3 is 2.57 bits per heavy atom. The number of hydrogen-bond acceptors (Lipinski definition) is 4. The maximum Gasteiger partial charge on any atom is 0.207 e. The normalized spacial score (nSPS) is 19.0. The fourth-order valence-corrected chi connectivity index (χ4v) is 5.34. The monoisotopic (exact) mass is 519 g/mol. The fourth-order valence-electron chi connectivity index (χ4n) is 5.18. The van der Waals surface area contributed by atoms with E-state index < -0.39 is 23.3 Å². The van der Waals surface area contributed by atoms with E-state index in [9.17, 15) is 24.2 Å². The number of imidazole rings is 1. The van der Waals surface area contributed by atoms with Gasteiger partial charge in [-0.3, -0.25) is 0 Å². The van der Waals surface area contributed by atoms with Crippen LogP contribution in [-0.4, -0.2) is 20.2 Å². The SMILES string of the molecule is [O-][n+]1cc(-c2c(F)ccc(Cl)c2F)ccc1[C@]1(c2nc3ccc(C(O)O)cc3[nH]2)C[C@@H]1c1ccccc1. The summed E-state index contributed by atoms with van der Waals surface area (Å²) in [6, 6.07) is 19.8. The first-order valence-corrected chi connectivity index (χ1v) is 12.0. The Morgan fingerprint density at radius 2 is 1.84 bits per heavy atom. The van der Waals surface area contributed by atoms with Crippen molar-refractivity contribution in [3.05, 3.63) is 124 Å². The molecule has 0 spiro atoms. The molecule has 5 aromatic rings. The Bertz CT molecular complexity index is 1660. The number of halogens is 3. The highest BCUT2D eigenvalue weighted by Crippen LogP contribution is 2.63. The number of aromatic amines is 1. The maximum absolute atomic E-state index is 14.6. The van der Waals surface area contributed by atoms with Crippen LogP contribution in [0.5, 0.6) is 0 Å². The second kappa shape index (κ2) is 8.62. The maximum atomic E-state index is 14.6. The minimum absolute atomic E-state index is 0.0643. The van der Waals surface area contributed by atoms with Crippen LogP contribution in [0.4, 0.5) is 8.78 Å². The first kappa shape index (κ1) is 23.5. The third-order valence-corrected chi connectivity index (χ3v) is 7.39. The summed E-state index contributed by atoms with van der Waals surface area (Å²) in [6.07, 6.45) is 0.0955. The van der Waals surface area contributed by atoms with E-state index in [-0.39, 0.29) is 22.1 Å². The number of rotatable bonds is 5. The molecule has 2 atom stereocenters. The van der Waals surface area contributed by atoms with Crippen molar-refractivity contribution in [1.82, 2.24) is 9.97 Å². The number of aromatic nitrogens is 3. The Kier molecular flexibility index (Phi) is 5.49. The fraction of sp³-hybridized carbons (Fsp3) is 0.143. The average Bonchev–Trinajstić information content (AvgIpc) is 3.49. The predicted octanol–water partition coefficient (Wildman–Crippen LogP) is 5.25. The molecule has 0 saturated heterocycles. The van der Waals surface area contributed by atoms with E-state index in [2.05, 4.69) is 4.98 Å². The van der Waals surface area contributed by atoms with Gasteiger partial charge >= 0.3 is 0 Å². The molecule has 2 heterocycles. The minimum atomic E-state index is -1.63. The molecule has 0 bridgehead atoms. The molecule has 0 radical (unpaired) electrons. The van der Waals surface area contributed by atoms with E-state index >= 15 is 0 Å². The van der Waals surface area contributed by atoms with Gasteiger partial charge in [0.2, 0.25) is 5.69 Å². The number of fused-ring (bicyclic) bond motifs is 1. The number of H-pyrrole nitrogens is 1. The van der Waals surface area contributed by atoms with Gasteiger partial charge < -0.3 is 20.4 Å². The van der Waals surface area contributed by atoms with Crippen LogP contribution in [0.1, 0.15) is 41.3 Å². The van der Waals surface area contributed by atoms with E-state index in [0.29, 0.717) is 39.3 Å². The summed E-state index contributed by atoms with van der Waals surface area (Å²) in [5.41, 5.74) is 1.76. The van der Waals surface area contributed by atoms with E-state index in [1.165, 1.54) is 6.07 Å². The van der Waals surface area contributed by atoms with Gasteiger partial charge in [0.15, 0.2) is 18.3 Å². The molecule has 2 aromatic heterocycles. The van der Waals surface area contributed by atoms with Crippen LogP contribution in [0, 0.1) is 16.8 Å². The zero-order valence-electron chi connectivity index (χ0n) is 19.2.